The predicted octanol–water partition coefficient (Wildman–Crippen LogP) is 4.55. The van der Waals surface area contributed by atoms with E-state index in [-0.39, 0.29) is 11.8 Å². The molecule has 0 saturated heterocycles. The van der Waals surface area contributed by atoms with Crippen LogP contribution in [0.5, 0.6) is 0 Å². The van der Waals surface area contributed by atoms with Crippen LogP contribution < -0.4 is 10.6 Å². The van der Waals surface area contributed by atoms with E-state index in [1.807, 2.05) is 35.2 Å². The third-order valence-electron chi connectivity index (χ3n) is 5.61. The number of ether oxygens (including phenoxy) is 1. The van der Waals surface area contributed by atoms with Gasteiger partial charge in [-0.3, -0.25) is 14.2 Å². The van der Waals surface area contributed by atoms with E-state index in [2.05, 4.69) is 15.6 Å². The number of thioether (sulfide) groups is 1. The van der Waals surface area contributed by atoms with Crippen molar-refractivity contribution in [1.82, 2.24) is 14.9 Å². The number of hydrogen-bond donors (Lipinski definition) is 2. The summed E-state index contributed by atoms with van der Waals surface area (Å²) < 4.78 is 7.02. The van der Waals surface area contributed by atoms with Gasteiger partial charge in [-0.05, 0) is 62.1 Å². The number of benzene rings is 1. The molecule has 2 aromatic heterocycles. The second-order valence-corrected chi connectivity index (χ2v) is 9.68. The van der Waals surface area contributed by atoms with Crippen LogP contribution in [0.15, 0.2) is 41.8 Å². The summed E-state index contributed by atoms with van der Waals surface area (Å²) in [7, 11) is 1.65. The zero-order valence-corrected chi connectivity index (χ0v) is 20.5. The van der Waals surface area contributed by atoms with Crippen molar-refractivity contribution in [3.63, 3.8) is 0 Å². The summed E-state index contributed by atoms with van der Waals surface area (Å²) in [5.74, 6) is -0.354. The van der Waals surface area contributed by atoms with Crippen molar-refractivity contribution in [3.05, 3.63) is 58.2 Å². The van der Waals surface area contributed by atoms with Gasteiger partial charge in [-0.1, -0.05) is 17.8 Å². The molecule has 0 aliphatic heterocycles. The summed E-state index contributed by atoms with van der Waals surface area (Å²) in [6.45, 7) is 1.13. The summed E-state index contributed by atoms with van der Waals surface area (Å²) >= 11 is 3.07. The van der Waals surface area contributed by atoms with Crippen LogP contribution in [0.3, 0.4) is 0 Å². The van der Waals surface area contributed by atoms with Gasteiger partial charge in [0.1, 0.15) is 5.00 Å². The third kappa shape index (κ3) is 5.31. The second kappa shape index (κ2) is 11.0. The summed E-state index contributed by atoms with van der Waals surface area (Å²) in [6.07, 6.45) is 10.3. The quantitative estimate of drug-likeness (QED) is 0.344. The highest BCUT2D eigenvalue weighted by molar-refractivity contribution is 7.98. The lowest BCUT2D eigenvalue weighted by molar-refractivity contribution is 0.0948. The number of nitrogens with one attached hydrogen (secondary N) is 2. The molecule has 1 aliphatic carbocycles. The first kappa shape index (κ1) is 23.5. The molecule has 0 radical (unpaired) electrons. The zero-order valence-electron chi connectivity index (χ0n) is 18.8. The normalized spacial score (nSPS) is 12.9. The number of imidazole rings is 1. The number of fused-ring (bicyclic) bond motifs is 1. The SMILES string of the molecule is COCCCNC(=O)c1c(NC(=O)c2cccc(-n3ccnc3SC)c2)sc2c1CCCC2. The average Bonchev–Trinajstić information content (AvgIpc) is 3.46. The van der Waals surface area contributed by atoms with Crippen LogP contribution >= 0.6 is 23.1 Å². The highest BCUT2D eigenvalue weighted by atomic mass is 32.2. The van der Waals surface area contributed by atoms with E-state index in [4.69, 9.17) is 4.74 Å². The maximum atomic E-state index is 13.2. The van der Waals surface area contributed by atoms with E-state index in [0.29, 0.717) is 29.3 Å². The molecule has 174 valence electrons. The first-order valence-corrected chi connectivity index (χ1v) is 13.1. The van der Waals surface area contributed by atoms with Crippen LogP contribution in [0, 0.1) is 0 Å². The molecule has 4 rings (SSSR count). The number of aromatic nitrogens is 2. The molecule has 33 heavy (non-hydrogen) atoms. The Bertz CT molecular complexity index is 1140. The van der Waals surface area contributed by atoms with Crippen LogP contribution in [0.2, 0.25) is 0 Å². The molecule has 2 heterocycles. The number of carbonyl (C=O) groups excluding carboxylic acids is 2. The van der Waals surface area contributed by atoms with E-state index in [9.17, 15) is 9.59 Å². The number of nitrogens with zero attached hydrogens (tertiary/aromatic N) is 2. The first-order valence-electron chi connectivity index (χ1n) is 11.0. The fraction of sp³-hybridized carbons (Fsp3) is 0.375. The van der Waals surface area contributed by atoms with Crippen molar-refractivity contribution in [1.29, 1.82) is 0 Å². The van der Waals surface area contributed by atoms with Gasteiger partial charge in [-0.15, -0.1) is 11.3 Å². The second-order valence-electron chi connectivity index (χ2n) is 7.81. The van der Waals surface area contributed by atoms with Crippen molar-refractivity contribution in [2.75, 3.05) is 31.8 Å². The molecule has 3 aromatic rings. The number of carbonyl (C=O) groups is 2. The van der Waals surface area contributed by atoms with E-state index in [0.717, 1.165) is 48.5 Å². The Hall–Kier alpha value is -2.62. The lowest BCUT2D eigenvalue weighted by Gasteiger charge is -2.13. The minimum atomic E-state index is -0.227. The maximum absolute atomic E-state index is 13.2. The van der Waals surface area contributed by atoms with E-state index in [1.165, 1.54) is 16.2 Å². The molecule has 0 spiro atoms. The Kier molecular flexibility index (Phi) is 7.85. The molecule has 0 bridgehead atoms. The predicted molar refractivity (Wildman–Crippen MR) is 133 cm³/mol. The summed E-state index contributed by atoms with van der Waals surface area (Å²) in [6, 6.07) is 7.43. The molecule has 1 aromatic carbocycles. The summed E-state index contributed by atoms with van der Waals surface area (Å²) in [5.41, 5.74) is 3.11. The number of hydrogen-bond acceptors (Lipinski definition) is 6. The van der Waals surface area contributed by atoms with Gasteiger partial charge >= 0.3 is 0 Å². The number of anilines is 1. The van der Waals surface area contributed by atoms with Crippen molar-refractivity contribution in [2.24, 2.45) is 0 Å². The molecule has 2 amide bonds. The lowest BCUT2D eigenvalue weighted by atomic mass is 9.95. The monoisotopic (exact) mass is 484 g/mol. The number of thiophene rings is 1. The molecule has 9 heteroatoms. The molecule has 1 aliphatic rings. The number of aryl methyl sites for hydroxylation is 1. The molecule has 0 saturated carbocycles. The van der Waals surface area contributed by atoms with Crippen LogP contribution in [0.25, 0.3) is 5.69 Å². The number of amides is 2. The largest absolute Gasteiger partial charge is 0.385 e. The highest BCUT2D eigenvalue weighted by Crippen LogP contribution is 2.38. The fourth-order valence-corrected chi connectivity index (χ4v) is 5.82. The molecular weight excluding hydrogens is 456 g/mol. The van der Waals surface area contributed by atoms with Gasteiger partial charge in [-0.2, -0.15) is 0 Å². The molecule has 7 nitrogen and oxygen atoms in total. The van der Waals surface area contributed by atoms with Gasteiger partial charge in [0.25, 0.3) is 11.8 Å². The Morgan fingerprint density at radius 2 is 2.09 bits per heavy atom. The van der Waals surface area contributed by atoms with Crippen molar-refractivity contribution in [3.8, 4) is 5.69 Å². The van der Waals surface area contributed by atoms with Gasteiger partial charge in [0, 0.05) is 48.8 Å². The van der Waals surface area contributed by atoms with Crippen molar-refractivity contribution >= 4 is 39.9 Å². The van der Waals surface area contributed by atoms with Crippen molar-refractivity contribution < 1.29 is 14.3 Å². The molecule has 2 N–H and O–H groups in total. The van der Waals surface area contributed by atoms with Gasteiger partial charge in [0.2, 0.25) is 0 Å². The number of methoxy groups -OCH3 is 1. The topological polar surface area (TPSA) is 85.3 Å². The highest BCUT2D eigenvalue weighted by Gasteiger charge is 2.26. The smallest absolute Gasteiger partial charge is 0.256 e. The fourth-order valence-electron chi connectivity index (χ4n) is 4.01. The Morgan fingerprint density at radius 1 is 1.24 bits per heavy atom. The lowest BCUT2D eigenvalue weighted by Crippen LogP contribution is -2.27. The zero-order chi connectivity index (χ0) is 23.2. The molecule has 0 unspecified atom stereocenters. The summed E-state index contributed by atoms with van der Waals surface area (Å²) in [5, 5.41) is 7.51. The Balaban J connectivity index is 1.57. The van der Waals surface area contributed by atoms with Gasteiger partial charge in [0.05, 0.1) is 5.56 Å². The maximum Gasteiger partial charge on any atom is 0.256 e. The van der Waals surface area contributed by atoms with Crippen LogP contribution in [0.4, 0.5) is 5.00 Å². The van der Waals surface area contributed by atoms with Gasteiger partial charge in [0.15, 0.2) is 5.16 Å². The van der Waals surface area contributed by atoms with Crippen molar-refractivity contribution in [2.45, 2.75) is 37.3 Å². The standard InChI is InChI=1S/C24H28N4O3S2/c1-31-14-6-11-25-22(30)20-18-9-3-4-10-19(18)33-23(20)27-21(29)16-7-5-8-17(15-16)28-13-12-26-24(28)32-2/h5,7-8,12-13,15H,3-4,6,9-11,14H2,1-2H3,(H,25,30)(H,27,29). The average molecular weight is 485 g/mol. The Morgan fingerprint density at radius 3 is 2.91 bits per heavy atom. The molecular formula is C24H28N4O3S2. The molecule has 0 fully saturated rings. The van der Waals surface area contributed by atoms with Crippen LogP contribution in [0.1, 0.15) is 50.4 Å². The summed E-state index contributed by atoms with van der Waals surface area (Å²) in [4.78, 5) is 31.8. The van der Waals surface area contributed by atoms with Crippen LogP contribution in [-0.2, 0) is 17.6 Å². The third-order valence-corrected chi connectivity index (χ3v) is 7.49. The first-order chi connectivity index (χ1) is 16.1. The van der Waals surface area contributed by atoms with Gasteiger partial charge in [-0.25, -0.2) is 4.98 Å². The van der Waals surface area contributed by atoms with Gasteiger partial charge < -0.3 is 15.4 Å². The Labute approximate surface area is 201 Å². The van der Waals surface area contributed by atoms with E-state index in [1.54, 1.807) is 31.1 Å². The minimum Gasteiger partial charge on any atom is -0.385 e. The van der Waals surface area contributed by atoms with Crippen LogP contribution in [-0.4, -0.2) is 47.9 Å². The van der Waals surface area contributed by atoms with E-state index >= 15 is 0 Å². The number of rotatable bonds is 9. The minimum absolute atomic E-state index is 0.127. The molecule has 0 atom stereocenters. The van der Waals surface area contributed by atoms with E-state index < -0.39 is 0 Å².